The first-order valence-electron chi connectivity index (χ1n) is 8.86. The van der Waals surface area contributed by atoms with E-state index in [9.17, 15) is 4.79 Å². The second-order valence-corrected chi connectivity index (χ2v) is 6.68. The highest BCUT2D eigenvalue weighted by Gasteiger charge is 2.39. The third-order valence-electron chi connectivity index (χ3n) is 5.14. The number of piperazine rings is 2. The minimum absolute atomic E-state index is 0.0170. The number of aromatic nitrogens is 1. The second-order valence-electron chi connectivity index (χ2n) is 6.68. The summed E-state index contributed by atoms with van der Waals surface area (Å²) in [5.74, 6) is 0.588. The summed E-state index contributed by atoms with van der Waals surface area (Å²) < 4.78 is 0. The zero-order valence-electron chi connectivity index (χ0n) is 14.7. The van der Waals surface area contributed by atoms with Gasteiger partial charge in [-0.15, -0.1) is 0 Å². The molecule has 134 valence electrons. The number of carbonyl (C=O) groups is 1. The molecule has 2 aromatic rings. The fraction of sp³-hybridized carbons (Fsp3) is 0.300. The lowest BCUT2D eigenvalue weighted by Crippen LogP contribution is -2.64. The van der Waals surface area contributed by atoms with Gasteiger partial charge in [-0.2, -0.15) is 10.5 Å². The van der Waals surface area contributed by atoms with Crippen molar-refractivity contribution >= 4 is 11.7 Å². The standard InChI is InChI=1S/C20H18N6O/c21-12-15-2-1-3-16(10-15)17-4-5-23-19(11-17)26-9-8-25-7-6-24(14-22)13-18(25)20(26)27/h1-5,10-11,18H,6-9,13H2. The monoisotopic (exact) mass is 358 g/mol. The van der Waals surface area contributed by atoms with E-state index in [1.807, 2.05) is 30.3 Å². The van der Waals surface area contributed by atoms with Crippen molar-refractivity contribution in [2.75, 3.05) is 37.6 Å². The summed E-state index contributed by atoms with van der Waals surface area (Å²) in [6, 6.07) is 13.0. The van der Waals surface area contributed by atoms with Crippen molar-refractivity contribution < 1.29 is 4.79 Å². The van der Waals surface area contributed by atoms with Crippen LogP contribution in [0.2, 0.25) is 0 Å². The van der Waals surface area contributed by atoms with E-state index in [1.54, 1.807) is 22.1 Å². The number of benzene rings is 1. The summed E-state index contributed by atoms with van der Waals surface area (Å²) in [4.78, 5) is 22.9. The Hall–Kier alpha value is -3.42. The molecule has 0 radical (unpaired) electrons. The van der Waals surface area contributed by atoms with E-state index in [-0.39, 0.29) is 11.9 Å². The SMILES string of the molecule is N#Cc1cccc(-c2ccnc(N3CCN4CCN(C#N)CC4C3=O)c2)c1. The molecular formula is C20H18N6O. The molecule has 2 aliphatic heterocycles. The molecule has 0 N–H and O–H groups in total. The maximum Gasteiger partial charge on any atom is 0.247 e. The molecule has 0 bridgehead atoms. The summed E-state index contributed by atoms with van der Waals surface area (Å²) >= 11 is 0. The Morgan fingerprint density at radius 2 is 1.85 bits per heavy atom. The molecule has 2 fully saturated rings. The fourth-order valence-electron chi connectivity index (χ4n) is 3.67. The van der Waals surface area contributed by atoms with Crippen LogP contribution in [0.5, 0.6) is 0 Å². The van der Waals surface area contributed by atoms with Crippen molar-refractivity contribution in [3.8, 4) is 23.4 Å². The van der Waals surface area contributed by atoms with Crippen LogP contribution in [-0.4, -0.2) is 59.5 Å². The molecule has 1 aromatic carbocycles. The number of carbonyl (C=O) groups excluding carboxylic acids is 1. The third-order valence-corrected chi connectivity index (χ3v) is 5.14. The van der Waals surface area contributed by atoms with Gasteiger partial charge in [0, 0.05) is 32.4 Å². The predicted molar refractivity (Wildman–Crippen MR) is 99.3 cm³/mol. The molecule has 2 aliphatic rings. The van der Waals surface area contributed by atoms with Crippen LogP contribution in [-0.2, 0) is 4.79 Å². The molecule has 1 unspecified atom stereocenters. The van der Waals surface area contributed by atoms with Gasteiger partial charge in [-0.25, -0.2) is 4.98 Å². The minimum atomic E-state index is -0.306. The number of fused-ring (bicyclic) bond motifs is 1. The average Bonchev–Trinajstić information content (AvgIpc) is 2.74. The van der Waals surface area contributed by atoms with E-state index < -0.39 is 0 Å². The zero-order chi connectivity index (χ0) is 18.8. The number of nitrogens with zero attached hydrogens (tertiary/aromatic N) is 6. The van der Waals surface area contributed by atoms with Crippen LogP contribution in [0.3, 0.4) is 0 Å². The van der Waals surface area contributed by atoms with E-state index >= 15 is 0 Å². The van der Waals surface area contributed by atoms with Gasteiger partial charge < -0.3 is 4.90 Å². The van der Waals surface area contributed by atoms with Gasteiger partial charge in [-0.1, -0.05) is 12.1 Å². The Balaban J connectivity index is 1.61. The van der Waals surface area contributed by atoms with Gasteiger partial charge in [0.25, 0.3) is 0 Å². The summed E-state index contributed by atoms with van der Waals surface area (Å²) in [5.41, 5.74) is 2.42. The number of rotatable bonds is 2. The van der Waals surface area contributed by atoms with Gasteiger partial charge in [0.1, 0.15) is 11.9 Å². The molecule has 0 aliphatic carbocycles. The number of anilines is 1. The maximum absolute atomic E-state index is 13.0. The number of pyridine rings is 1. The van der Waals surface area contributed by atoms with Crippen LogP contribution in [0.15, 0.2) is 42.6 Å². The normalized spacial score (nSPS) is 19.9. The van der Waals surface area contributed by atoms with Crippen LogP contribution < -0.4 is 4.90 Å². The van der Waals surface area contributed by atoms with E-state index in [0.29, 0.717) is 31.0 Å². The van der Waals surface area contributed by atoms with E-state index in [4.69, 9.17) is 10.5 Å². The topological polar surface area (TPSA) is 87.3 Å². The molecule has 27 heavy (non-hydrogen) atoms. The van der Waals surface area contributed by atoms with Crippen molar-refractivity contribution in [3.63, 3.8) is 0 Å². The number of nitriles is 2. The lowest BCUT2D eigenvalue weighted by Gasteiger charge is -2.44. The first kappa shape index (κ1) is 17.0. The van der Waals surface area contributed by atoms with Crippen LogP contribution in [0.4, 0.5) is 5.82 Å². The van der Waals surface area contributed by atoms with E-state index in [1.165, 1.54) is 0 Å². The van der Waals surface area contributed by atoms with E-state index in [2.05, 4.69) is 22.1 Å². The molecule has 3 heterocycles. The van der Waals surface area contributed by atoms with E-state index in [0.717, 1.165) is 24.2 Å². The van der Waals surface area contributed by atoms with Gasteiger partial charge in [0.2, 0.25) is 5.91 Å². The Morgan fingerprint density at radius 1 is 1.04 bits per heavy atom. The molecule has 1 amide bonds. The molecular weight excluding hydrogens is 340 g/mol. The van der Waals surface area contributed by atoms with Gasteiger partial charge in [-0.3, -0.25) is 14.6 Å². The van der Waals surface area contributed by atoms with Gasteiger partial charge in [-0.05, 0) is 35.4 Å². The third kappa shape index (κ3) is 3.21. The first-order chi connectivity index (χ1) is 13.2. The smallest absolute Gasteiger partial charge is 0.247 e. The largest absolute Gasteiger partial charge is 0.307 e. The van der Waals surface area contributed by atoms with Crippen molar-refractivity contribution in [2.24, 2.45) is 0 Å². The molecule has 0 spiro atoms. The summed E-state index contributed by atoms with van der Waals surface area (Å²) in [6.45, 7) is 3.17. The number of hydrogen-bond acceptors (Lipinski definition) is 6. The quantitative estimate of drug-likeness (QED) is 0.755. The Kier molecular flexibility index (Phi) is 4.45. The van der Waals surface area contributed by atoms with Gasteiger partial charge in [0.15, 0.2) is 6.19 Å². The predicted octanol–water partition coefficient (Wildman–Crippen LogP) is 1.43. The van der Waals surface area contributed by atoms with Crippen LogP contribution in [0.25, 0.3) is 11.1 Å². The molecule has 0 saturated carbocycles. The van der Waals surface area contributed by atoms with Crippen LogP contribution in [0, 0.1) is 22.8 Å². The first-order valence-corrected chi connectivity index (χ1v) is 8.86. The summed E-state index contributed by atoms with van der Waals surface area (Å²) in [5, 5.41) is 18.3. The molecule has 7 heteroatoms. The highest BCUT2D eigenvalue weighted by molar-refractivity contribution is 5.98. The fourth-order valence-corrected chi connectivity index (χ4v) is 3.67. The Morgan fingerprint density at radius 3 is 2.67 bits per heavy atom. The molecule has 1 atom stereocenters. The average molecular weight is 358 g/mol. The van der Waals surface area contributed by atoms with Gasteiger partial charge in [0.05, 0.1) is 18.2 Å². The Bertz CT molecular complexity index is 959. The van der Waals surface area contributed by atoms with Crippen molar-refractivity contribution in [1.82, 2.24) is 14.8 Å². The van der Waals surface area contributed by atoms with Crippen molar-refractivity contribution in [2.45, 2.75) is 6.04 Å². The molecule has 4 rings (SSSR count). The number of amides is 1. The molecule has 7 nitrogen and oxygen atoms in total. The lowest BCUT2D eigenvalue weighted by molar-refractivity contribution is -0.127. The van der Waals surface area contributed by atoms with Crippen LogP contribution in [0.1, 0.15) is 5.56 Å². The number of hydrogen-bond donors (Lipinski definition) is 0. The summed E-state index contributed by atoms with van der Waals surface area (Å²) in [6.07, 6.45) is 3.83. The highest BCUT2D eigenvalue weighted by atomic mass is 16.2. The zero-order valence-corrected chi connectivity index (χ0v) is 14.7. The highest BCUT2D eigenvalue weighted by Crippen LogP contribution is 2.26. The second kappa shape index (κ2) is 7.06. The molecule has 2 saturated heterocycles. The van der Waals surface area contributed by atoms with Gasteiger partial charge >= 0.3 is 0 Å². The summed E-state index contributed by atoms with van der Waals surface area (Å²) in [7, 11) is 0. The van der Waals surface area contributed by atoms with Crippen LogP contribution >= 0.6 is 0 Å². The van der Waals surface area contributed by atoms with Crippen molar-refractivity contribution in [1.29, 1.82) is 10.5 Å². The molecule has 1 aromatic heterocycles. The van der Waals surface area contributed by atoms with Crippen molar-refractivity contribution in [3.05, 3.63) is 48.2 Å². The lowest BCUT2D eigenvalue weighted by atomic mass is 10.0. The minimum Gasteiger partial charge on any atom is -0.307 e. The maximum atomic E-state index is 13.0. The Labute approximate surface area is 157 Å².